The summed E-state index contributed by atoms with van der Waals surface area (Å²) >= 11 is 0. The minimum absolute atomic E-state index is 0.0795. The van der Waals surface area contributed by atoms with E-state index in [0.29, 0.717) is 12.8 Å². The van der Waals surface area contributed by atoms with Gasteiger partial charge in [-0.3, -0.25) is 4.79 Å². The van der Waals surface area contributed by atoms with Crippen molar-refractivity contribution in [2.75, 3.05) is 6.61 Å². The highest BCUT2D eigenvalue weighted by Crippen LogP contribution is 2.44. The topological polar surface area (TPSA) is 105 Å². The van der Waals surface area contributed by atoms with Crippen molar-refractivity contribution >= 4 is 18.0 Å². The Balaban J connectivity index is 1.49. The molecule has 0 heterocycles. The number of carboxylic acid groups (broad SMARTS) is 1. The monoisotopic (exact) mass is 478 g/mol. The number of fused-ring (bicyclic) bond motifs is 3. The van der Waals surface area contributed by atoms with E-state index in [2.05, 4.69) is 34.9 Å². The predicted octanol–water partition coefficient (Wildman–Crippen LogP) is 4.99. The average molecular weight is 479 g/mol. The van der Waals surface area contributed by atoms with Crippen LogP contribution in [0.5, 0.6) is 0 Å². The van der Waals surface area contributed by atoms with Gasteiger partial charge in [0.1, 0.15) is 17.7 Å². The molecule has 0 atom stereocenters. The first kappa shape index (κ1) is 24.8. The number of nitrogens with one attached hydrogen (secondary N) is 2. The Bertz CT molecular complexity index is 1060. The molecular weight excluding hydrogens is 444 g/mol. The zero-order chi connectivity index (χ0) is 25.1. The quantitative estimate of drug-likeness (QED) is 0.496. The summed E-state index contributed by atoms with van der Waals surface area (Å²) in [6, 6.07) is 16.2. The van der Waals surface area contributed by atoms with E-state index in [9.17, 15) is 19.5 Å². The van der Waals surface area contributed by atoms with Crippen LogP contribution in [-0.2, 0) is 14.3 Å². The summed E-state index contributed by atoms with van der Waals surface area (Å²) in [5.74, 6) is -1.59. The lowest BCUT2D eigenvalue weighted by Crippen LogP contribution is -2.65. The van der Waals surface area contributed by atoms with Gasteiger partial charge in [-0.05, 0) is 47.9 Å². The van der Waals surface area contributed by atoms with Gasteiger partial charge in [0.05, 0.1) is 0 Å². The van der Waals surface area contributed by atoms with Gasteiger partial charge in [0, 0.05) is 5.92 Å². The van der Waals surface area contributed by atoms with Gasteiger partial charge >= 0.3 is 12.1 Å². The summed E-state index contributed by atoms with van der Waals surface area (Å²) in [5.41, 5.74) is 1.98. The van der Waals surface area contributed by atoms with Crippen molar-refractivity contribution < 1.29 is 24.2 Å². The Morgan fingerprint density at radius 1 is 0.943 bits per heavy atom. The van der Waals surface area contributed by atoms with Crippen LogP contribution in [0.2, 0.25) is 0 Å². The Morgan fingerprint density at radius 2 is 1.49 bits per heavy atom. The number of carboxylic acids is 1. The van der Waals surface area contributed by atoms with Crippen LogP contribution in [-0.4, -0.2) is 40.8 Å². The standard InChI is InChI=1S/C28H34N2O5/c1-3-27(4-2,25(32)33)29-24(31)28(16-10-5-11-17-28)30-26(34)35-18-23-21-14-8-6-12-19(21)20-13-7-9-15-22(20)23/h6-9,12-15,23H,3-5,10-11,16-18H2,1-2H3,(H,29,31)(H,30,34)(H,32,33). The van der Waals surface area contributed by atoms with Gasteiger partial charge in [0.15, 0.2) is 0 Å². The number of benzene rings is 2. The number of carbonyl (C=O) groups excluding carboxylic acids is 2. The Labute approximate surface area is 206 Å². The predicted molar refractivity (Wildman–Crippen MR) is 133 cm³/mol. The molecule has 4 rings (SSSR count). The molecule has 0 radical (unpaired) electrons. The maximum Gasteiger partial charge on any atom is 0.408 e. The second-order valence-electron chi connectivity index (χ2n) is 9.64. The molecule has 0 saturated heterocycles. The van der Waals surface area contributed by atoms with E-state index in [1.54, 1.807) is 13.8 Å². The smallest absolute Gasteiger partial charge is 0.408 e. The molecule has 2 amide bonds. The molecule has 0 aromatic heterocycles. The lowest BCUT2D eigenvalue weighted by Gasteiger charge is -2.39. The molecule has 0 spiro atoms. The maximum atomic E-state index is 13.4. The van der Waals surface area contributed by atoms with E-state index in [4.69, 9.17) is 4.74 Å². The van der Waals surface area contributed by atoms with Crippen LogP contribution in [0.4, 0.5) is 4.79 Å². The van der Waals surface area contributed by atoms with E-state index < -0.39 is 29.0 Å². The van der Waals surface area contributed by atoms with E-state index in [1.807, 2.05) is 24.3 Å². The molecule has 1 fully saturated rings. The first-order chi connectivity index (χ1) is 16.9. The van der Waals surface area contributed by atoms with Crippen molar-refractivity contribution in [3.05, 3.63) is 59.7 Å². The van der Waals surface area contributed by atoms with Crippen molar-refractivity contribution in [1.29, 1.82) is 0 Å². The highest BCUT2D eigenvalue weighted by Gasteiger charge is 2.46. The van der Waals surface area contributed by atoms with Crippen LogP contribution in [0.3, 0.4) is 0 Å². The Hall–Kier alpha value is -3.35. The molecule has 1 saturated carbocycles. The molecule has 2 aromatic rings. The molecule has 186 valence electrons. The van der Waals surface area contributed by atoms with Crippen LogP contribution in [0.15, 0.2) is 48.5 Å². The molecule has 7 heteroatoms. The van der Waals surface area contributed by atoms with Crippen molar-refractivity contribution in [1.82, 2.24) is 10.6 Å². The fraction of sp³-hybridized carbons (Fsp3) is 0.464. The summed E-state index contributed by atoms with van der Waals surface area (Å²) in [6.07, 6.45) is 3.27. The zero-order valence-electron chi connectivity index (χ0n) is 20.4. The minimum Gasteiger partial charge on any atom is -0.480 e. The number of hydrogen-bond acceptors (Lipinski definition) is 4. The third-order valence-corrected chi connectivity index (χ3v) is 7.80. The molecular formula is C28H34N2O5. The minimum atomic E-state index is -1.36. The number of rotatable bonds is 8. The fourth-order valence-electron chi connectivity index (χ4n) is 5.51. The van der Waals surface area contributed by atoms with E-state index in [0.717, 1.165) is 41.5 Å². The van der Waals surface area contributed by atoms with Crippen molar-refractivity contribution in [2.24, 2.45) is 0 Å². The van der Waals surface area contributed by atoms with E-state index in [1.165, 1.54) is 0 Å². The fourth-order valence-corrected chi connectivity index (χ4v) is 5.51. The highest BCUT2D eigenvalue weighted by molar-refractivity contribution is 5.94. The van der Waals surface area contributed by atoms with Gasteiger partial charge < -0.3 is 20.5 Å². The van der Waals surface area contributed by atoms with Gasteiger partial charge in [-0.15, -0.1) is 0 Å². The molecule has 2 aromatic carbocycles. The van der Waals surface area contributed by atoms with Crippen molar-refractivity contribution in [3.8, 4) is 11.1 Å². The SMILES string of the molecule is CCC(CC)(NC(=O)C1(NC(=O)OCC2c3ccccc3-c3ccccc32)CCCCC1)C(=O)O. The third kappa shape index (κ3) is 4.64. The second-order valence-corrected chi connectivity index (χ2v) is 9.64. The van der Waals surface area contributed by atoms with Crippen LogP contribution >= 0.6 is 0 Å². The molecule has 0 unspecified atom stereocenters. The first-order valence-electron chi connectivity index (χ1n) is 12.5. The Morgan fingerprint density at radius 3 is 2.00 bits per heavy atom. The van der Waals surface area contributed by atoms with Gasteiger partial charge in [-0.25, -0.2) is 9.59 Å². The van der Waals surface area contributed by atoms with Crippen molar-refractivity contribution in [3.63, 3.8) is 0 Å². The number of alkyl carbamates (subject to hydrolysis) is 1. The summed E-state index contributed by atoms with van der Waals surface area (Å²) < 4.78 is 5.70. The average Bonchev–Trinajstić information content (AvgIpc) is 3.20. The number of hydrogen-bond donors (Lipinski definition) is 3. The first-order valence-corrected chi connectivity index (χ1v) is 12.5. The maximum absolute atomic E-state index is 13.4. The molecule has 0 aliphatic heterocycles. The van der Waals surface area contributed by atoms with Crippen LogP contribution in [0.25, 0.3) is 11.1 Å². The van der Waals surface area contributed by atoms with Gasteiger partial charge in [0.2, 0.25) is 5.91 Å². The normalized spacial score (nSPS) is 16.6. The lowest BCUT2D eigenvalue weighted by atomic mass is 9.79. The number of amides is 2. The van der Waals surface area contributed by atoms with Crippen LogP contribution < -0.4 is 10.6 Å². The van der Waals surface area contributed by atoms with Gasteiger partial charge in [-0.1, -0.05) is 81.6 Å². The molecule has 3 N–H and O–H groups in total. The summed E-state index contributed by atoms with van der Waals surface area (Å²) in [6.45, 7) is 3.63. The zero-order valence-corrected chi connectivity index (χ0v) is 20.4. The molecule has 2 aliphatic carbocycles. The van der Waals surface area contributed by atoms with Gasteiger partial charge in [0.25, 0.3) is 0 Å². The summed E-state index contributed by atoms with van der Waals surface area (Å²) in [5, 5.41) is 15.4. The van der Waals surface area contributed by atoms with Crippen molar-refractivity contribution in [2.45, 2.75) is 75.8 Å². The van der Waals surface area contributed by atoms with Crippen LogP contribution in [0, 0.1) is 0 Å². The summed E-state index contributed by atoms with van der Waals surface area (Å²) in [4.78, 5) is 38.4. The highest BCUT2D eigenvalue weighted by atomic mass is 16.5. The largest absolute Gasteiger partial charge is 0.480 e. The van der Waals surface area contributed by atoms with Gasteiger partial charge in [-0.2, -0.15) is 0 Å². The molecule has 0 bridgehead atoms. The Kier molecular flexibility index (Phi) is 7.15. The molecule has 2 aliphatic rings. The van der Waals surface area contributed by atoms with E-state index in [-0.39, 0.29) is 25.4 Å². The molecule has 7 nitrogen and oxygen atoms in total. The summed E-state index contributed by atoms with van der Waals surface area (Å²) in [7, 11) is 0. The number of aliphatic carboxylic acids is 1. The number of carbonyl (C=O) groups is 3. The van der Waals surface area contributed by atoms with E-state index >= 15 is 0 Å². The second kappa shape index (κ2) is 10.1. The molecule has 35 heavy (non-hydrogen) atoms. The lowest BCUT2D eigenvalue weighted by molar-refractivity contribution is -0.149. The number of ether oxygens (including phenoxy) is 1. The van der Waals surface area contributed by atoms with Crippen LogP contribution in [0.1, 0.15) is 75.8 Å². The third-order valence-electron chi connectivity index (χ3n) is 7.80.